The summed E-state index contributed by atoms with van der Waals surface area (Å²) in [4.78, 5) is 27.0. The normalized spacial score (nSPS) is 21.1. The molecule has 0 bridgehead atoms. The van der Waals surface area contributed by atoms with Gasteiger partial charge >= 0.3 is 0 Å². The number of amides is 2. The Labute approximate surface area is 169 Å². The van der Waals surface area contributed by atoms with Gasteiger partial charge in [-0.05, 0) is 55.2 Å². The SMILES string of the molecule is O=C(NC[C@@H]1COc2ccccc2C1)[C@@H]1CCCN(C(=O)c2ccc(F)cc2)C1. The number of halogens is 1. The van der Waals surface area contributed by atoms with Crippen molar-refractivity contribution in [3.8, 4) is 5.75 Å². The second-order valence-corrected chi connectivity index (χ2v) is 7.83. The Hall–Kier alpha value is -2.89. The molecule has 1 N–H and O–H groups in total. The van der Waals surface area contributed by atoms with Crippen LogP contribution in [0.2, 0.25) is 0 Å². The zero-order chi connectivity index (χ0) is 20.2. The smallest absolute Gasteiger partial charge is 0.253 e. The summed E-state index contributed by atoms with van der Waals surface area (Å²) in [7, 11) is 0. The lowest BCUT2D eigenvalue weighted by atomic mass is 9.94. The van der Waals surface area contributed by atoms with E-state index in [1.807, 2.05) is 18.2 Å². The zero-order valence-corrected chi connectivity index (χ0v) is 16.3. The van der Waals surface area contributed by atoms with Crippen molar-refractivity contribution in [3.05, 3.63) is 65.5 Å². The van der Waals surface area contributed by atoms with E-state index in [0.29, 0.717) is 31.8 Å². The number of carbonyl (C=O) groups excluding carboxylic acids is 2. The predicted molar refractivity (Wildman–Crippen MR) is 107 cm³/mol. The Balaban J connectivity index is 1.30. The first kappa shape index (κ1) is 19.4. The molecule has 5 nitrogen and oxygen atoms in total. The average Bonchev–Trinajstić information content (AvgIpc) is 2.77. The van der Waals surface area contributed by atoms with Crippen molar-refractivity contribution in [2.75, 3.05) is 26.2 Å². The van der Waals surface area contributed by atoms with Crippen LogP contribution in [0.25, 0.3) is 0 Å². The molecule has 2 atom stereocenters. The number of benzene rings is 2. The van der Waals surface area contributed by atoms with E-state index in [0.717, 1.165) is 25.0 Å². The maximum absolute atomic E-state index is 13.1. The molecule has 0 spiro atoms. The number of carbonyl (C=O) groups is 2. The van der Waals surface area contributed by atoms with Crippen molar-refractivity contribution < 1.29 is 18.7 Å². The third-order valence-electron chi connectivity index (χ3n) is 5.69. The fraction of sp³-hybridized carbons (Fsp3) is 0.391. The molecule has 1 fully saturated rings. The van der Waals surface area contributed by atoms with E-state index < -0.39 is 0 Å². The quantitative estimate of drug-likeness (QED) is 0.864. The van der Waals surface area contributed by atoms with Gasteiger partial charge in [0, 0.05) is 31.1 Å². The number of nitrogens with zero attached hydrogens (tertiary/aromatic N) is 1. The third-order valence-corrected chi connectivity index (χ3v) is 5.69. The van der Waals surface area contributed by atoms with Crippen LogP contribution in [-0.2, 0) is 11.2 Å². The van der Waals surface area contributed by atoms with Gasteiger partial charge in [-0.2, -0.15) is 0 Å². The Morgan fingerprint density at radius 3 is 2.76 bits per heavy atom. The zero-order valence-electron chi connectivity index (χ0n) is 16.3. The summed E-state index contributed by atoms with van der Waals surface area (Å²) in [6, 6.07) is 13.5. The number of ether oxygens (including phenoxy) is 1. The fourth-order valence-electron chi connectivity index (χ4n) is 4.06. The van der Waals surface area contributed by atoms with Crippen LogP contribution in [0.4, 0.5) is 4.39 Å². The van der Waals surface area contributed by atoms with E-state index in [1.54, 1.807) is 4.90 Å². The molecule has 0 unspecified atom stereocenters. The Kier molecular flexibility index (Phi) is 5.79. The maximum Gasteiger partial charge on any atom is 0.253 e. The maximum atomic E-state index is 13.1. The van der Waals surface area contributed by atoms with E-state index in [9.17, 15) is 14.0 Å². The molecule has 2 aromatic carbocycles. The molecule has 6 heteroatoms. The largest absolute Gasteiger partial charge is 0.493 e. The van der Waals surface area contributed by atoms with Gasteiger partial charge in [0.25, 0.3) is 5.91 Å². The molecular formula is C23H25FN2O3. The molecule has 152 valence electrons. The summed E-state index contributed by atoms with van der Waals surface area (Å²) in [5.74, 6) is 0.420. The van der Waals surface area contributed by atoms with Crippen LogP contribution < -0.4 is 10.1 Å². The Bertz CT molecular complexity index is 884. The van der Waals surface area contributed by atoms with E-state index >= 15 is 0 Å². The second kappa shape index (κ2) is 8.64. The van der Waals surface area contributed by atoms with Crippen LogP contribution in [0.3, 0.4) is 0 Å². The van der Waals surface area contributed by atoms with Crippen molar-refractivity contribution in [2.45, 2.75) is 19.3 Å². The molecular weight excluding hydrogens is 371 g/mol. The topological polar surface area (TPSA) is 58.6 Å². The summed E-state index contributed by atoms with van der Waals surface area (Å²) in [5, 5.41) is 3.05. The van der Waals surface area contributed by atoms with Crippen LogP contribution in [0.15, 0.2) is 48.5 Å². The fourth-order valence-corrected chi connectivity index (χ4v) is 4.06. The number of rotatable bonds is 4. The molecule has 2 amide bonds. The predicted octanol–water partition coefficient (Wildman–Crippen LogP) is 3.05. The number of likely N-dealkylation sites (tertiary alicyclic amines) is 1. The van der Waals surface area contributed by atoms with Gasteiger partial charge in [-0.1, -0.05) is 18.2 Å². The number of piperidine rings is 1. The van der Waals surface area contributed by atoms with Crippen molar-refractivity contribution in [1.82, 2.24) is 10.2 Å². The van der Waals surface area contributed by atoms with Gasteiger partial charge in [0.1, 0.15) is 11.6 Å². The minimum Gasteiger partial charge on any atom is -0.493 e. The van der Waals surface area contributed by atoms with Crippen molar-refractivity contribution in [3.63, 3.8) is 0 Å². The number of para-hydroxylation sites is 1. The summed E-state index contributed by atoms with van der Waals surface area (Å²) in [5.41, 5.74) is 1.62. The van der Waals surface area contributed by atoms with Gasteiger partial charge in [0.15, 0.2) is 0 Å². The van der Waals surface area contributed by atoms with E-state index in [1.165, 1.54) is 29.8 Å². The van der Waals surface area contributed by atoms with E-state index in [2.05, 4.69) is 11.4 Å². The standard InChI is InChI=1S/C23H25FN2O3/c24-20-9-7-17(8-10-20)23(28)26-11-3-5-19(14-26)22(27)25-13-16-12-18-4-1-2-6-21(18)29-15-16/h1-2,4,6-10,16,19H,3,5,11-15H2,(H,25,27)/t16-,19-/m1/s1. The molecule has 2 aliphatic rings. The minimum atomic E-state index is -0.369. The number of hydrogen-bond donors (Lipinski definition) is 1. The summed E-state index contributed by atoms with van der Waals surface area (Å²) in [6.07, 6.45) is 2.43. The van der Waals surface area contributed by atoms with Gasteiger partial charge in [0.05, 0.1) is 12.5 Å². The summed E-state index contributed by atoms with van der Waals surface area (Å²) in [6.45, 7) is 2.17. The number of fused-ring (bicyclic) bond motifs is 1. The highest BCUT2D eigenvalue weighted by molar-refractivity contribution is 5.94. The van der Waals surface area contributed by atoms with Crippen LogP contribution in [-0.4, -0.2) is 43.0 Å². The molecule has 2 aliphatic heterocycles. The van der Waals surface area contributed by atoms with Gasteiger partial charge in [-0.3, -0.25) is 9.59 Å². The molecule has 1 saturated heterocycles. The second-order valence-electron chi connectivity index (χ2n) is 7.83. The van der Waals surface area contributed by atoms with Crippen molar-refractivity contribution in [2.24, 2.45) is 11.8 Å². The molecule has 0 aliphatic carbocycles. The molecule has 0 saturated carbocycles. The number of hydrogen-bond acceptors (Lipinski definition) is 3. The lowest BCUT2D eigenvalue weighted by Gasteiger charge is -2.32. The molecule has 29 heavy (non-hydrogen) atoms. The molecule has 2 aromatic rings. The van der Waals surface area contributed by atoms with E-state index in [-0.39, 0.29) is 29.5 Å². The van der Waals surface area contributed by atoms with Gasteiger partial charge in [-0.25, -0.2) is 4.39 Å². The monoisotopic (exact) mass is 396 g/mol. The number of nitrogens with one attached hydrogen (secondary N) is 1. The lowest BCUT2D eigenvalue weighted by Crippen LogP contribution is -2.46. The Morgan fingerprint density at radius 2 is 1.93 bits per heavy atom. The highest BCUT2D eigenvalue weighted by Gasteiger charge is 2.29. The first-order chi connectivity index (χ1) is 14.1. The third kappa shape index (κ3) is 4.58. The van der Waals surface area contributed by atoms with Crippen molar-refractivity contribution in [1.29, 1.82) is 0 Å². The molecule has 4 rings (SSSR count). The lowest BCUT2D eigenvalue weighted by molar-refractivity contribution is -0.126. The highest BCUT2D eigenvalue weighted by atomic mass is 19.1. The first-order valence-corrected chi connectivity index (χ1v) is 10.1. The molecule has 0 aromatic heterocycles. The van der Waals surface area contributed by atoms with Gasteiger partial charge in [-0.15, -0.1) is 0 Å². The first-order valence-electron chi connectivity index (χ1n) is 10.1. The van der Waals surface area contributed by atoms with Crippen LogP contribution in [0, 0.1) is 17.7 Å². The van der Waals surface area contributed by atoms with Crippen LogP contribution >= 0.6 is 0 Å². The highest BCUT2D eigenvalue weighted by Crippen LogP contribution is 2.26. The summed E-state index contributed by atoms with van der Waals surface area (Å²) >= 11 is 0. The van der Waals surface area contributed by atoms with Crippen LogP contribution in [0.5, 0.6) is 5.75 Å². The van der Waals surface area contributed by atoms with Crippen molar-refractivity contribution >= 4 is 11.8 Å². The van der Waals surface area contributed by atoms with Gasteiger partial charge < -0.3 is 15.0 Å². The molecule has 0 radical (unpaired) electrons. The van der Waals surface area contributed by atoms with Crippen LogP contribution in [0.1, 0.15) is 28.8 Å². The average molecular weight is 396 g/mol. The van der Waals surface area contributed by atoms with Gasteiger partial charge in [0.2, 0.25) is 5.91 Å². The Morgan fingerprint density at radius 1 is 1.14 bits per heavy atom. The van der Waals surface area contributed by atoms with E-state index in [4.69, 9.17) is 4.74 Å². The minimum absolute atomic E-state index is 0.0135. The summed E-state index contributed by atoms with van der Waals surface area (Å²) < 4.78 is 18.9. The molecule has 2 heterocycles.